The minimum Gasteiger partial charge on any atom is -0.314 e. The van der Waals surface area contributed by atoms with Gasteiger partial charge in [-0.15, -0.1) is 0 Å². The fourth-order valence-electron chi connectivity index (χ4n) is 2.05. The van der Waals surface area contributed by atoms with Crippen LogP contribution in [0, 0.1) is 5.92 Å². The maximum Gasteiger partial charge on any atom is 0.401 e. The Morgan fingerprint density at radius 1 is 1.40 bits per heavy atom. The highest BCUT2D eigenvalue weighted by Crippen LogP contribution is 2.20. The summed E-state index contributed by atoms with van der Waals surface area (Å²) < 4.78 is 36.6. The van der Waals surface area contributed by atoms with Gasteiger partial charge in [0.15, 0.2) is 0 Å². The Morgan fingerprint density at radius 2 is 2.07 bits per heavy atom. The van der Waals surface area contributed by atoms with E-state index in [2.05, 4.69) is 5.32 Å². The van der Waals surface area contributed by atoms with Crippen molar-refractivity contribution in [3.63, 3.8) is 0 Å². The van der Waals surface area contributed by atoms with Crippen LogP contribution in [0.4, 0.5) is 13.2 Å². The summed E-state index contributed by atoms with van der Waals surface area (Å²) in [5, 5.41) is 3.25. The van der Waals surface area contributed by atoms with Crippen LogP contribution in [-0.4, -0.2) is 43.3 Å². The molecular weight excluding hydrogens is 205 g/mol. The number of hydrogen-bond acceptors (Lipinski definition) is 2. The maximum atomic E-state index is 12.2. The number of nitrogens with zero attached hydrogens (tertiary/aromatic N) is 1. The van der Waals surface area contributed by atoms with Crippen molar-refractivity contribution in [3.8, 4) is 0 Å². The van der Waals surface area contributed by atoms with Gasteiger partial charge in [-0.3, -0.25) is 4.90 Å². The summed E-state index contributed by atoms with van der Waals surface area (Å²) in [5.74, 6) is 0.354. The van der Waals surface area contributed by atoms with Crippen LogP contribution in [0.25, 0.3) is 0 Å². The van der Waals surface area contributed by atoms with E-state index >= 15 is 0 Å². The van der Waals surface area contributed by atoms with Crippen molar-refractivity contribution in [2.45, 2.75) is 32.5 Å². The molecule has 0 amide bonds. The van der Waals surface area contributed by atoms with E-state index in [1.165, 1.54) is 4.90 Å². The molecule has 1 aliphatic rings. The molecule has 1 N–H and O–H groups in total. The van der Waals surface area contributed by atoms with Crippen molar-refractivity contribution in [1.29, 1.82) is 0 Å². The van der Waals surface area contributed by atoms with Crippen LogP contribution < -0.4 is 5.32 Å². The molecule has 0 aromatic rings. The molecule has 0 aromatic heterocycles. The molecule has 5 heteroatoms. The van der Waals surface area contributed by atoms with Crippen LogP contribution in [0.3, 0.4) is 0 Å². The fraction of sp³-hybridized carbons (Fsp3) is 1.00. The van der Waals surface area contributed by atoms with E-state index in [0.717, 1.165) is 13.0 Å². The van der Waals surface area contributed by atoms with Crippen molar-refractivity contribution in [1.82, 2.24) is 10.2 Å². The van der Waals surface area contributed by atoms with Gasteiger partial charge < -0.3 is 5.32 Å². The van der Waals surface area contributed by atoms with E-state index in [-0.39, 0.29) is 0 Å². The van der Waals surface area contributed by atoms with E-state index < -0.39 is 12.7 Å². The smallest absolute Gasteiger partial charge is 0.314 e. The first-order valence-corrected chi connectivity index (χ1v) is 5.45. The minimum atomic E-state index is -4.08. The van der Waals surface area contributed by atoms with Crippen LogP contribution in [0.5, 0.6) is 0 Å². The third kappa shape index (κ3) is 4.38. The Morgan fingerprint density at radius 3 is 2.47 bits per heavy atom. The molecule has 2 unspecified atom stereocenters. The molecule has 0 saturated carbocycles. The average Bonchev–Trinajstić information content (AvgIpc) is 2.48. The predicted octanol–water partition coefficient (Wildman–Crippen LogP) is 1.87. The summed E-state index contributed by atoms with van der Waals surface area (Å²) in [4.78, 5) is 1.48. The zero-order valence-electron chi connectivity index (χ0n) is 9.27. The molecule has 90 valence electrons. The van der Waals surface area contributed by atoms with Crippen LogP contribution in [-0.2, 0) is 0 Å². The van der Waals surface area contributed by atoms with Crippen molar-refractivity contribution < 1.29 is 13.2 Å². The van der Waals surface area contributed by atoms with E-state index in [1.54, 1.807) is 6.92 Å². The Kier molecular flexibility index (Phi) is 4.40. The molecule has 1 fully saturated rings. The first-order chi connectivity index (χ1) is 6.92. The predicted molar refractivity (Wildman–Crippen MR) is 53.7 cm³/mol. The lowest BCUT2D eigenvalue weighted by Crippen LogP contribution is -2.39. The Labute approximate surface area is 88.8 Å². The van der Waals surface area contributed by atoms with Gasteiger partial charge in [-0.05, 0) is 32.4 Å². The zero-order chi connectivity index (χ0) is 11.5. The molecule has 2 atom stereocenters. The number of rotatable bonds is 4. The van der Waals surface area contributed by atoms with E-state index in [1.807, 2.05) is 6.92 Å². The van der Waals surface area contributed by atoms with Gasteiger partial charge in [-0.25, -0.2) is 0 Å². The lowest BCUT2D eigenvalue weighted by Gasteiger charge is -2.26. The highest BCUT2D eigenvalue weighted by atomic mass is 19.4. The average molecular weight is 224 g/mol. The molecule has 0 bridgehead atoms. The molecule has 1 saturated heterocycles. The molecule has 1 rings (SSSR count). The Hall–Kier alpha value is -0.290. The van der Waals surface area contributed by atoms with Crippen molar-refractivity contribution in [2.24, 2.45) is 5.92 Å². The fourth-order valence-corrected chi connectivity index (χ4v) is 2.05. The second kappa shape index (κ2) is 5.16. The summed E-state index contributed by atoms with van der Waals surface area (Å²) in [5.41, 5.74) is 0. The van der Waals surface area contributed by atoms with Gasteiger partial charge in [0.2, 0.25) is 0 Å². The highest BCUT2D eigenvalue weighted by Gasteiger charge is 2.32. The number of halogens is 3. The normalized spacial score (nSPS) is 27.6. The van der Waals surface area contributed by atoms with Crippen molar-refractivity contribution in [3.05, 3.63) is 0 Å². The summed E-state index contributed by atoms with van der Waals surface area (Å²) in [6.07, 6.45) is -3.10. The molecule has 0 aromatic carbocycles. The quantitative estimate of drug-likeness (QED) is 0.784. The van der Waals surface area contributed by atoms with E-state index in [4.69, 9.17) is 0 Å². The third-order valence-electron chi connectivity index (χ3n) is 3.03. The molecule has 15 heavy (non-hydrogen) atoms. The maximum absolute atomic E-state index is 12.2. The second-order valence-electron chi connectivity index (χ2n) is 4.23. The highest BCUT2D eigenvalue weighted by molar-refractivity contribution is 4.82. The van der Waals surface area contributed by atoms with Crippen LogP contribution in [0.15, 0.2) is 0 Å². The molecule has 2 nitrogen and oxygen atoms in total. The number of nitrogens with one attached hydrogen (secondary N) is 1. The van der Waals surface area contributed by atoms with Crippen LogP contribution in [0.2, 0.25) is 0 Å². The third-order valence-corrected chi connectivity index (χ3v) is 3.03. The number of alkyl halides is 3. The molecule has 0 radical (unpaired) electrons. The monoisotopic (exact) mass is 224 g/mol. The first kappa shape index (κ1) is 12.8. The van der Waals surface area contributed by atoms with Crippen LogP contribution >= 0.6 is 0 Å². The van der Waals surface area contributed by atoms with Gasteiger partial charge >= 0.3 is 6.18 Å². The molecule has 1 heterocycles. The zero-order valence-corrected chi connectivity index (χ0v) is 9.27. The van der Waals surface area contributed by atoms with E-state index in [0.29, 0.717) is 25.0 Å². The number of hydrogen-bond donors (Lipinski definition) is 1. The topological polar surface area (TPSA) is 15.3 Å². The largest absolute Gasteiger partial charge is 0.401 e. The lowest BCUT2D eigenvalue weighted by atomic mass is 10.0. The van der Waals surface area contributed by atoms with Gasteiger partial charge in [0, 0.05) is 12.6 Å². The molecule has 1 aliphatic heterocycles. The summed E-state index contributed by atoms with van der Waals surface area (Å²) in [7, 11) is 0. The van der Waals surface area contributed by atoms with Gasteiger partial charge in [0.05, 0.1) is 6.54 Å². The standard InChI is InChI=1S/C10H19F3N2/c1-3-15(7-10(11,12)13)6-9-4-5-14-8(9)2/h8-9,14H,3-7H2,1-2H3. The first-order valence-electron chi connectivity index (χ1n) is 5.45. The van der Waals surface area contributed by atoms with Gasteiger partial charge in [-0.2, -0.15) is 13.2 Å². The molecular formula is C10H19F3N2. The summed E-state index contributed by atoms with van der Waals surface area (Å²) >= 11 is 0. The summed E-state index contributed by atoms with van der Waals surface area (Å²) in [6.45, 7) is 4.97. The van der Waals surface area contributed by atoms with Crippen LogP contribution in [0.1, 0.15) is 20.3 Å². The van der Waals surface area contributed by atoms with Gasteiger partial charge in [0.25, 0.3) is 0 Å². The lowest BCUT2D eigenvalue weighted by molar-refractivity contribution is -0.146. The summed E-state index contributed by atoms with van der Waals surface area (Å²) in [6, 6.07) is 0.340. The second-order valence-corrected chi connectivity index (χ2v) is 4.23. The molecule has 0 spiro atoms. The van der Waals surface area contributed by atoms with Gasteiger partial charge in [0.1, 0.15) is 0 Å². The van der Waals surface area contributed by atoms with Crippen molar-refractivity contribution in [2.75, 3.05) is 26.2 Å². The SMILES string of the molecule is CCN(CC1CCNC1C)CC(F)(F)F. The van der Waals surface area contributed by atoms with E-state index in [9.17, 15) is 13.2 Å². The Balaban J connectivity index is 2.39. The Bertz CT molecular complexity index is 194. The van der Waals surface area contributed by atoms with Crippen molar-refractivity contribution >= 4 is 0 Å². The molecule has 0 aliphatic carbocycles. The minimum absolute atomic E-state index is 0.340. The van der Waals surface area contributed by atoms with Gasteiger partial charge in [-0.1, -0.05) is 6.92 Å².